The average molecular weight is 507 g/mol. The van der Waals surface area contributed by atoms with Gasteiger partial charge >= 0.3 is 5.97 Å². The van der Waals surface area contributed by atoms with Gasteiger partial charge in [0.05, 0.1) is 11.4 Å². The van der Waals surface area contributed by atoms with Crippen molar-refractivity contribution in [3.63, 3.8) is 0 Å². The van der Waals surface area contributed by atoms with E-state index in [1.165, 1.54) is 30.3 Å². The molecule has 1 aromatic heterocycles. The summed E-state index contributed by atoms with van der Waals surface area (Å²) in [6, 6.07) is 17.8. The molecule has 1 heterocycles. The Morgan fingerprint density at radius 3 is 2.39 bits per heavy atom. The molecule has 8 heteroatoms. The minimum atomic E-state index is -3.50. The number of hydrogen-bond acceptors (Lipinski definition) is 5. The number of rotatable bonds is 8. The van der Waals surface area contributed by atoms with Gasteiger partial charge in [-0.3, -0.25) is 4.57 Å². The van der Waals surface area contributed by atoms with Gasteiger partial charge in [-0.15, -0.1) is 0 Å². The Morgan fingerprint density at radius 1 is 1.14 bits per heavy atom. The molecule has 0 aliphatic heterocycles. The van der Waals surface area contributed by atoms with E-state index in [1.54, 1.807) is 6.07 Å². The molecular formula is C28H27FNO5P. The molecule has 0 saturated heterocycles. The van der Waals surface area contributed by atoms with Crippen molar-refractivity contribution in [2.45, 2.75) is 36.9 Å². The maximum atomic E-state index is 13.6. The summed E-state index contributed by atoms with van der Waals surface area (Å²) < 4.78 is 32.2. The third-order valence-corrected chi connectivity index (χ3v) is 8.15. The minimum Gasteiger partial charge on any atom is -0.480 e. The van der Waals surface area contributed by atoms with Crippen LogP contribution >= 0.6 is 8.03 Å². The van der Waals surface area contributed by atoms with Crippen LogP contribution in [0.25, 0.3) is 11.3 Å². The van der Waals surface area contributed by atoms with E-state index < -0.39 is 30.6 Å². The molecule has 1 aliphatic rings. The van der Waals surface area contributed by atoms with E-state index >= 15 is 0 Å². The van der Waals surface area contributed by atoms with Gasteiger partial charge in [0, 0.05) is 25.0 Å². The van der Waals surface area contributed by atoms with Crippen molar-refractivity contribution >= 4 is 14.0 Å². The highest BCUT2D eigenvalue weighted by molar-refractivity contribution is 7.43. The molecule has 2 N–H and O–H groups in total. The van der Waals surface area contributed by atoms with Gasteiger partial charge in [-0.05, 0) is 49.1 Å². The number of hydrogen-bond donors (Lipinski definition) is 2. The highest BCUT2D eigenvalue weighted by Gasteiger charge is 2.62. The summed E-state index contributed by atoms with van der Waals surface area (Å²) in [6.07, 6.45) is 1.27. The molecule has 2 aromatic carbocycles. The number of nitrogens with zero attached hydrogens (tertiary/aromatic N) is 1. The fraction of sp³-hybridized carbons (Fsp3) is 0.286. The van der Waals surface area contributed by atoms with Crippen molar-refractivity contribution in [2.75, 3.05) is 7.11 Å². The van der Waals surface area contributed by atoms with E-state index in [-0.39, 0.29) is 18.0 Å². The Morgan fingerprint density at radius 2 is 1.81 bits per heavy atom. The van der Waals surface area contributed by atoms with E-state index in [9.17, 15) is 24.0 Å². The molecule has 6 nitrogen and oxygen atoms in total. The van der Waals surface area contributed by atoms with Crippen LogP contribution in [0.5, 0.6) is 0 Å². The van der Waals surface area contributed by atoms with Crippen molar-refractivity contribution in [1.29, 1.82) is 0 Å². The second-order valence-electron chi connectivity index (χ2n) is 8.98. The lowest BCUT2D eigenvalue weighted by molar-refractivity contribution is -0.146. The highest BCUT2D eigenvalue weighted by atomic mass is 31.1. The van der Waals surface area contributed by atoms with Gasteiger partial charge < -0.3 is 14.7 Å². The standard InChI is InChI=1S/C28H27FNO5P/c1-19-8-15-24(30-25(19)22-6-4-3-5-7-22)27(33,18-21-11-13-23(29)14-12-21)28(26(31)32,36(34)35-2)17-16-20-9-10-20/h3-8,11-15,20,33,36H,9-10,18H2,1-2H3,(H,31,32). The maximum absolute atomic E-state index is 13.6. The zero-order chi connectivity index (χ0) is 25.9. The van der Waals surface area contributed by atoms with Crippen LogP contribution in [0.15, 0.2) is 66.7 Å². The fourth-order valence-electron chi connectivity index (χ4n) is 4.19. The summed E-state index contributed by atoms with van der Waals surface area (Å²) in [6.45, 7) is 1.85. The first-order valence-electron chi connectivity index (χ1n) is 11.6. The minimum absolute atomic E-state index is 0.0147. The summed E-state index contributed by atoms with van der Waals surface area (Å²) in [5.74, 6) is 3.49. The van der Waals surface area contributed by atoms with Crippen LogP contribution < -0.4 is 0 Å². The molecule has 1 saturated carbocycles. The topological polar surface area (TPSA) is 96.7 Å². The lowest BCUT2D eigenvalue weighted by Crippen LogP contribution is -2.56. The monoisotopic (exact) mass is 507 g/mol. The number of halogens is 1. The van der Waals surface area contributed by atoms with Gasteiger partial charge in [-0.2, -0.15) is 0 Å². The summed E-state index contributed by atoms with van der Waals surface area (Å²) >= 11 is 0. The van der Waals surface area contributed by atoms with Crippen molar-refractivity contribution in [2.24, 2.45) is 5.92 Å². The lowest BCUT2D eigenvalue weighted by atomic mass is 9.78. The predicted octanol–water partition coefficient (Wildman–Crippen LogP) is 4.98. The van der Waals surface area contributed by atoms with Crippen LogP contribution in [-0.4, -0.2) is 33.4 Å². The Bertz CT molecular complexity index is 1350. The number of aryl methyl sites for hydroxylation is 1. The number of carbonyl (C=O) groups is 1. The summed E-state index contributed by atoms with van der Waals surface area (Å²) in [7, 11) is -2.37. The molecule has 1 fully saturated rings. The molecule has 3 unspecified atom stereocenters. The smallest absolute Gasteiger partial charge is 0.335 e. The molecule has 3 aromatic rings. The van der Waals surface area contributed by atoms with E-state index in [4.69, 9.17) is 9.51 Å². The Hall–Kier alpha value is -3.30. The van der Waals surface area contributed by atoms with Crippen LogP contribution in [0.2, 0.25) is 0 Å². The zero-order valence-corrected chi connectivity index (χ0v) is 21.0. The van der Waals surface area contributed by atoms with Gasteiger partial charge in [0.15, 0.2) is 0 Å². The molecule has 0 radical (unpaired) electrons. The van der Waals surface area contributed by atoms with Crippen molar-refractivity contribution in [1.82, 2.24) is 4.98 Å². The molecule has 1 aliphatic carbocycles. The van der Waals surface area contributed by atoms with Crippen LogP contribution in [0.3, 0.4) is 0 Å². The number of aliphatic hydroxyl groups is 1. The van der Waals surface area contributed by atoms with Gasteiger partial charge in [0.2, 0.25) is 13.2 Å². The first-order chi connectivity index (χ1) is 17.2. The quantitative estimate of drug-likeness (QED) is 0.330. The molecule has 4 rings (SSSR count). The van der Waals surface area contributed by atoms with Crippen LogP contribution in [0.1, 0.15) is 29.7 Å². The molecule has 36 heavy (non-hydrogen) atoms. The van der Waals surface area contributed by atoms with Crippen LogP contribution in [0.4, 0.5) is 4.39 Å². The number of carboxylic acids is 1. The zero-order valence-electron chi connectivity index (χ0n) is 20.0. The van der Waals surface area contributed by atoms with E-state index in [0.717, 1.165) is 31.1 Å². The van der Waals surface area contributed by atoms with Gasteiger partial charge in [-0.1, -0.05) is 60.4 Å². The Labute approximate surface area is 210 Å². The first kappa shape index (κ1) is 25.8. The third kappa shape index (κ3) is 4.85. The summed E-state index contributed by atoms with van der Waals surface area (Å²) in [5.41, 5.74) is 0.148. The first-order valence-corrected chi connectivity index (χ1v) is 12.9. The van der Waals surface area contributed by atoms with Crippen LogP contribution in [-0.2, 0) is 25.9 Å². The Balaban J connectivity index is 2.00. The number of benzene rings is 2. The fourth-order valence-corrected chi connectivity index (χ4v) is 5.40. The summed E-state index contributed by atoms with van der Waals surface area (Å²) in [4.78, 5) is 17.6. The second kappa shape index (κ2) is 10.4. The number of aromatic nitrogens is 1. The van der Waals surface area contributed by atoms with Gasteiger partial charge in [0.1, 0.15) is 11.4 Å². The largest absolute Gasteiger partial charge is 0.480 e. The van der Waals surface area contributed by atoms with Crippen molar-refractivity contribution in [3.8, 4) is 23.1 Å². The molecular weight excluding hydrogens is 480 g/mol. The SMILES string of the molecule is CO[PH](=O)C(C#CC1CC1)(C(=O)O)C(O)(Cc1ccc(F)cc1)c1ccc(C)c(-c2ccccc2)n1. The number of aliphatic carboxylic acids is 1. The third-order valence-electron chi connectivity index (χ3n) is 6.42. The maximum Gasteiger partial charge on any atom is 0.335 e. The predicted molar refractivity (Wildman–Crippen MR) is 135 cm³/mol. The highest BCUT2D eigenvalue weighted by Crippen LogP contribution is 2.53. The lowest BCUT2D eigenvalue weighted by Gasteiger charge is -2.40. The molecule has 186 valence electrons. The van der Waals surface area contributed by atoms with Gasteiger partial charge in [0.25, 0.3) is 0 Å². The van der Waals surface area contributed by atoms with Crippen molar-refractivity contribution in [3.05, 3.63) is 89.4 Å². The number of carboxylic acid groups (broad SMARTS) is 1. The van der Waals surface area contributed by atoms with Crippen LogP contribution in [0, 0.1) is 30.5 Å². The van der Waals surface area contributed by atoms with Gasteiger partial charge in [-0.25, -0.2) is 14.2 Å². The molecule has 0 spiro atoms. The Kier molecular flexibility index (Phi) is 7.42. The van der Waals surface area contributed by atoms with E-state index in [0.29, 0.717) is 11.3 Å². The van der Waals surface area contributed by atoms with E-state index in [2.05, 4.69) is 11.8 Å². The van der Waals surface area contributed by atoms with E-state index in [1.807, 2.05) is 37.3 Å². The normalized spacial score (nSPS) is 17.2. The molecule has 0 amide bonds. The van der Waals surface area contributed by atoms with Crippen molar-refractivity contribution < 1.29 is 28.5 Å². The molecule has 3 atom stereocenters. The summed E-state index contributed by atoms with van der Waals surface area (Å²) in [5, 5.41) is 20.4. The molecule has 0 bridgehead atoms. The average Bonchev–Trinajstić information content (AvgIpc) is 3.70. The number of pyridine rings is 1. The second-order valence-corrected chi connectivity index (χ2v) is 10.7.